The SMILES string of the molecule is [N-]=[N+]=NCc1ccccc1[C@H]1OC(c2ccc(OCCCO)cc2)=N[C@@]1(C/C=C/c1ccccc1)C(=O)NCC(F)(F)F. The first-order chi connectivity index (χ1) is 20.8. The fraction of sp³-hybridized carbons (Fsp3) is 0.290. The van der Waals surface area contributed by atoms with E-state index in [1.165, 1.54) is 0 Å². The molecule has 0 aliphatic carbocycles. The molecule has 1 aliphatic rings. The topological polar surface area (TPSA) is 129 Å². The molecular weight excluding hydrogens is 563 g/mol. The first-order valence-corrected chi connectivity index (χ1v) is 13.5. The average molecular weight is 594 g/mol. The number of ether oxygens (including phenoxy) is 2. The molecule has 2 N–H and O–H groups in total. The van der Waals surface area contributed by atoms with Crippen LogP contribution in [0.15, 0.2) is 95.0 Å². The van der Waals surface area contributed by atoms with Crippen LogP contribution >= 0.6 is 0 Å². The minimum atomic E-state index is -4.65. The lowest BCUT2D eigenvalue weighted by atomic mass is 9.82. The summed E-state index contributed by atoms with van der Waals surface area (Å²) in [5.74, 6) is -0.377. The van der Waals surface area contributed by atoms with E-state index in [2.05, 4.69) is 10.0 Å². The molecular formula is C31H30F3N5O4. The van der Waals surface area contributed by atoms with Crippen molar-refractivity contribution in [2.75, 3.05) is 19.8 Å². The zero-order valence-electron chi connectivity index (χ0n) is 23.1. The number of rotatable bonds is 13. The smallest absolute Gasteiger partial charge is 0.405 e. The summed E-state index contributed by atoms with van der Waals surface area (Å²) in [7, 11) is 0. The molecule has 3 aromatic rings. The van der Waals surface area contributed by atoms with Crippen LogP contribution in [0.1, 0.15) is 41.2 Å². The predicted octanol–water partition coefficient (Wildman–Crippen LogP) is 6.30. The second kappa shape index (κ2) is 14.4. The maximum atomic E-state index is 13.8. The summed E-state index contributed by atoms with van der Waals surface area (Å²) in [4.78, 5) is 21.3. The molecule has 0 fully saturated rings. The van der Waals surface area contributed by atoms with Crippen molar-refractivity contribution in [1.82, 2.24) is 5.32 Å². The van der Waals surface area contributed by atoms with Crippen LogP contribution in [0.25, 0.3) is 16.5 Å². The van der Waals surface area contributed by atoms with Crippen molar-refractivity contribution in [1.29, 1.82) is 0 Å². The Balaban J connectivity index is 1.80. The number of carbonyl (C=O) groups excluding carboxylic acids is 1. The van der Waals surface area contributed by atoms with E-state index < -0.39 is 30.3 Å². The van der Waals surface area contributed by atoms with Gasteiger partial charge < -0.3 is 19.9 Å². The number of azide groups is 1. The molecule has 43 heavy (non-hydrogen) atoms. The number of hydrogen-bond donors (Lipinski definition) is 2. The van der Waals surface area contributed by atoms with Crippen molar-refractivity contribution < 1.29 is 32.5 Å². The highest BCUT2D eigenvalue weighted by Crippen LogP contribution is 2.44. The third-order valence-electron chi connectivity index (χ3n) is 6.66. The van der Waals surface area contributed by atoms with Gasteiger partial charge in [-0.25, -0.2) is 4.99 Å². The van der Waals surface area contributed by atoms with Gasteiger partial charge in [-0.15, -0.1) is 0 Å². The van der Waals surface area contributed by atoms with Crippen LogP contribution in [0.3, 0.4) is 0 Å². The van der Waals surface area contributed by atoms with E-state index in [1.807, 2.05) is 35.6 Å². The molecule has 224 valence electrons. The number of aliphatic hydroxyl groups is 1. The Morgan fingerprint density at radius 2 is 1.84 bits per heavy atom. The molecule has 0 aromatic heterocycles. The number of alkyl halides is 3. The van der Waals surface area contributed by atoms with Crippen LogP contribution in [0.2, 0.25) is 0 Å². The highest BCUT2D eigenvalue weighted by atomic mass is 19.4. The summed E-state index contributed by atoms with van der Waals surface area (Å²) in [6, 6.07) is 22.7. The monoisotopic (exact) mass is 593 g/mol. The number of aliphatic hydroxyl groups excluding tert-OH is 1. The molecule has 0 unspecified atom stereocenters. The first kappa shape index (κ1) is 31.1. The van der Waals surface area contributed by atoms with Gasteiger partial charge in [-0.2, -0.15) is 13.2 Å². The molecule has 0 saturated carbocycles. The third-order valence-corrected chi connectivity index (χ3v) is 6.66. The summed E-state index contributed by atoms with van der Waals surface area (Å²) < 4.78 is 51.7. The first-order valence-electron chi connectivity index (χ1n) is 13.5. The predicted molar refractivity (Wildman–Crippen MR) is 155 cm³/mol. The van der Waals surface area contributed by atoms with Crippen molar-refractivity contribution in [2.24, 2.45) is 10.1 Å². The molecule has 9 nitrogen and oxygen atoms in total. The third kappa shape index (κ3) is 8.15. The van der Waals surface area contributed by atoms with Crippen LogP contribution < -0.4 is 10.1 Å². The molecule has 0 saturated heterocycles. The van der Waals surface area contributed by atoms with Crippen molar-refractivity contribution in [3.63, 3.8) is 0 Å². The average Bonchev–Trinajstić information content (AvgIpc) is 3.40. The van der Waals surface area contributed by atoms with E-state index in [9.17, 15) is 18.0 Å². The summed E-state index contributed by atoms with van der Waals surface area (Å²) in [5, 5.41) is 14.7. The minimum Gasteiger partial charge on any atom is -0.494 e. The number of nitrogens with zero attached hydrogens (tertiary/aromatic N) is 4. The molecule has 3 aromatic carbocycles. The Hall–Kier alpha value is -4.80. The number of aliphatic imine (C=N–C) groups is 1. The molecule has 1 aliphatic heterocycles. The van der Waals surface area contributed by atoms with E-state index in [1.54, 1.807) is 60.7 Å². The lowest BCUT2D eigenvalue weighted by molar-refractivity contribution is -0.143. The number of benzene rings is 3. The van der Waals surface area contributed by atoms with E-state index >= 15 is 0 Å². The second-order valence-corrected chi connectivity index (χ2v) is 9.69. The van der Waals surface area contributed by atoms with E-state index in [4.69, 9.17) is 25.1 Å². The lowest BCUT2D eigenvalue weighted by Crippen LogP contribution is -2.50. The lowest BCUT2D eigenvalue weighted by Gasteiger charge is -2.31. The van der Waals surface area contributed by atoms with Crippen LogP contribution in [0, 0.1) is 0 Å². The maximum Gasteiger partial charge on any atom is 0.405 e. The van der Waals surface area contributed by atoms with Crippen LogP contribution in [0.5, 0.6) is 5.75 Å². The summed E-state index contributed by atoms with van der Waals surface area (Å²) in [6.07, 6.45) is -2.00. The van der Waals surface area contributed by atoms with Crippen LogP contribution in [-0.4, -0.2) is 48.4 Å². The zero-order valence-corrected chi connectivity index (χ0v) is 23.1. The van der Waals surface area contributed by atoms with E-state index in [0.717, 1.165) is 5.56 Å². The van der Waals surface area contributed by atoms with Gasteiger partial charge in [-0.3, -0.25) is 4.79 Å². The fourth-order valence-electron chi connectivity index (χ4n) is 4.61. The number of amides is 1. The summed E-state index contributed by atoms with van der Waals surface area (Å²) in [5.41, 5.74) is 9.38. The normalized spacial score (nSPS) is 18.0. The van der Waals surface area contributed by atoms with Gasteiger partial charge in [0.1, 0.15) is 12.3 Å². The Labute approximate surface area is 246 Å². The zero-order chi connectivity index (χ0) is 30.7. The fourth-order valence-corrected chi connectivity index (χ4v) is 4.61. The maximum absolute atomic E-state index is 13.8. The molecule has 1 amide bonds. The highest BCUT2D eigenvalue weighted by molar-refractivity contribution is 6.01. The quantitative estimate of drug-likeness (QED) is 0.104. The van der Waals surface area contributed by atoms with Crippen molar-refractivity contribution >= 4 is 17.9 Å². The Kier molecular flexibility index (Phi) is 10.4. The molecule has 0 bridgehead atoms. The van der Waals surface area contributed by atoms with Gasteiger partial charge in [0.05, 0.1) is 13.2 Å². The minimum absolute atomic E-state index is 0.0114. The van der Waals surface area contributed by atoms with Gasteiger partial charge in [-0.05, 0) is 46.5 Å². The van der Waals surface area contributed by atoms with Crippen molar-refractivity contribution in [3.8, 4) is 5.75 Å². The van der Waals surface area contributed by atoms with Gasteiger partial charge in [0.15, 0.2) is 11.6 Å². The standard InChI is InChI=1S/C31H30F3N5O4/c32-31(33,34)21-36-29(41)30(17-6-10-22-8-2-1-3-9-22)27(26-12-5-4-11-24(26)20-37-39-35)43-28(38-30)23-13-15-25(16-14-23)42-19-7-18-40/h1-6,8-16,27,40H,7,17-21H2,(H,36,41)/b10-6+/t27-,30-/m1/s1. The Bertz CT molecular complexity index is 1490. The van der Waals surface area contributed by atoms with Crippen molar-refractivity contribution in [3.05, 3.63) is 118 Å². The summed E-state index contributed by atoms with van der Waals surface area (Å²) >= 11 is 0. The van der Waals surface area contributed by atoms with Crippen LogP contribution in [-0.2, 0) is 16.1 Å². The highest BCUT2D eigenvalue weighted by Gasteiger charge is 2.53. The molecule has 0 radical (unpaired) electrons. The number of nitrogens with one attached hydrogen (secondary N) is 1. The molecule has 12 heteroatoms. The van der Waals surface area contributed by atoms with Gasteiger partial charge in [0.2, 0.25) is 5.90 Å². The Morgan fingerprint density at radius 3 is 2.53 bits per heavy atom. The van der Waals surface area contributed by atoms with Gasteiger partial charge in [-0.1, -0.05) is 71.9 Å². The summed E-state index contributed by atoms with van der Waals surface area (Å²) in [6.45, 7) is -1.31. The molecule has 4 rings (SSSR count). The number of carbonyl (C=O) groups is 1. The van der Waals surface area contributed by atoms with E-state index in [0.29, 0.717) is 35.5 Å². The second-order valence-electron chi connectivity index (χ2n) is 9.69. The number of halogens is 3. The van der Waals surface area contributed by atoms with Gasteiger partial charge in [0, 0.05) is 29.9 Å². The van der Waals surface area contributed by atoms with Gasteiger partial charge in [0.25, 0.3) is 5.91 Å². The van der Waals surface area contributed by atoms with E-state index in [-0.39, 0.29) is 25.5 Å². The van der Waals surface area contributed by atoms with Gasteiger partial charge >= 0.3 is 6.18 Å². The Morgan fingerprint density at radius 1 is 1.12 bits per heavy atom. The largest absolute Gasteiger partial charge is 0.494 e. The van der Waals surface area contributed by atoms with Crippen molar-refractivity contribution in [2.45, 2.75) is 37.2 Å². The molecule has 2 atom stereocenters. The van der Waals surface area contributed by atoms with Crippen LogP contribution in [0.4, 0.5) is 13.2 Å². The molecule has 0 spiro atoms. The molecule has 1 heterocycles. The number of hydrogen-bond acceptors (Lipinski definition) is 6.